The molecule has 0 saturated carbocycles. The van der Waals surface area contributed by atoms with Gasteiger partial charge in [-0.2, -0.15) is 0 Å². The van der Waals surface area contributed by atoms with Crippen molar-refractivity contribution in [2.45, 2.75) is 174 Å². The Bertz CT molecular complexity index is 822. The van der Waals surface area contributed by atoms with Gasteiger partial charge in [0.25, 0.3) is 0 Å². The largest absolute Gasteiger partial charge is 0.461 e. The first-order chi connectivity index (χ1) is 23.0. The van der Waals surface area contributed by atoms with E-state index in [2.05, 4.69) is 37.4 Å². The van der Waals surface area contributed by atoms with Gasteiger partial charge in [0, 0.05) is 19.3 Å². The number of ether oxygens (including phenoxy) is 3. The van der Waals surface area contributed by atoms with Crippen LogP contribution in [-0.4, -0.2) is 50.8 Å². The number of rotatable bonds is 34. The number of hydrogen-bond donors (Lipinski definition) is 1. The highest BCUT2D eigenvalue weighted by molar-refractivity contribution is 5.70. The van der Waals surface area contributed by atoms with E-state index in [0.29, 0.717) is 32.5 Å². The topological polar surface area (TPSA) is 90.9 Å². The molecule has 7 heteroatoms. The predicted molar refractivity (Wildman–Crippen MR) is 195 cm³/mol. The number of carbonyl (C=O) groups excluding carboxylic acids is 3. The molecule has 0 rings (SSSR count). The van der Waals surface area contributed by atoms with Crippen molar-refractivity contribution >= 4 is 17.9 Å². The molecule has 0 spiro atoms. The molecule has 0 aliphatic rings. The summed E-state index contributed by atoms with van der Waals surface area (Å²) in [6, 6.07) is 0. The summed E-state index contributed by atoms with van der Waals surface area (Å²) in [6.07, 6.45) is 35.7. The second kappa shape index (κ2) is 36.4. The zero-order chi connectivity index (χ0) is 34.5. The fraction of sp³-hybridized carbons (Fsp3) is 0.775. The lowest BCUT2D eigenvalue weighted by molar-refractivity contribution is -0.147. The van der Waals surface area contributed by atoms with Gasteiger partial charge in [0.2, 0.25) is 0 Å². The molecule has 7 nitrogen and oxygen atoms in total. The summed E-state index contributed by atoms with van der Waals surface area (Å²) >= 11 is 0. The number of allylic oxidation sites excluding steroid dienone is 3. The Labute approximate surface area is 288 Å². The molecular formula is C40H71NO6. The Balaban J connectivity index is 4.13. The molecule has 1 unspecified atom stereocenters. The van der Waals surface area contributed by atoms with Crippen molar-refractivity contribution in [3.05, 3.63) is 36.5 Å². The van der Waals surface area contributed by atoms with Gasteiger partial charge in [-0.15, -0.1) is 0 Å². The number of esters is 3. The molecule has 272 valence electrons. The molecular weight excluding hydrogens is 590 g/mol. The molecule has 1 N–H and O–H groups in total. The van der Waals surface area contributed by atoms with E-state index in [1.807, 2.05) is 25.3 Å². The third-order valence-electron chi connectivity index (χ3n) is 8.03. The molecule has 0 amide bonds. The second-order valence-electron chi connectivity index (χ2n) is 12.6. The highest BCUT2D eigenvalue weighted by atomic mass is 16.5. The lowest BCUT2D eigenvalue weighted by Gasteiger charge is -2.15. The van der Waals surface area contributed by atoms with Gasteiger partial charge in [0.1, 0.15) is 19.3 Å². The standard InChI is InChI=1S/C40H71NO6/c1-4-6-8-10-12-20-26-35-45-38(42)31-24-18-14-16-22-29-37(47-40(44)33-28-34-41-3)30-23-17-15-19-25-32-39(43)46-36-27-21-13-11-9-7-5-2/h20-22,26-27,29,37,41H,4-19,23-25,28,30-36H2,1-3H3/b26-20-,27-21-,29-22+. The molecule has 0 aromatic rings. The number of nitrogens with one attached hydrogen (secondary N) is 1. The lowest BCUT2D eigenvalue weighted by atomic mass is 10.1. The number of hydrogen-bond acceptors (Lipinski definition) is 7. The fourth-order valence-corrected chi connectivity index (χ4v) is 5.11. The minimum Gasteiger partial charge on any atom is -0.461 e. The van der Waals surface area contributed by atoms with Crippen molar-refractivity contribution in [3.8, 4) is 0 Å². The molecule has 0 radical (unpaired) electrons. The van der Waals surface area contributed by atoms with Crippen molar-refractivity contribution in [3.63, 3.8) is 0 Å². The minimum absolute atomic E-state index is 0.118. The van der Waals surface area contributed by atoms with E-state index in [4.69, 9.17) is 14.2 Å². The Morgan fingerprint density at radius 3 is 1.55 bits per heavy atom. The second-order valence-corrected chi connectivity index (χ2v) is 12.6. The highest BCUT2D eigenvalue weighted by Gasteiger charge is 2.11. The van der Waals surface area contributed by atoms with Gasteiger partial charge in [-0.3, -0.25) is 14.4 Å². The van der Waals surface area contributed by atoms with Gasteiger partial charge in [0.05, 0.1) is 0 Å². The van der Waals surface area contributed by atoms with Crippen LogP contribution in [0.5, 0.6) is 0 Å². The van der Waals surface area contributed by atoms with Crippen molar-refractivity contribution in [1.82, 2.24) is 5.32 Å². The van der Waals surface area contributed by atoms with Gasteiger partial charge in [-0.05, 0) is 90.3 Å². The van der Waals surface area contributed by atoms with Crippen LogP contribution in [0.15, 0.2) is 36.5 Å². The zero-order valence-corrected chi connectivity index (χ0v) is 30.6. The van der Waals surface area contributed by atoms with Gasteiger partial charge < -0.3 is 19.5 Å². The number of carbonyl (C=O) groups is 3. The SMILES string of the molecule is CCCCCC/C=C\COC(=O)CCCCC/C=C/C(CCCCCCCC(=O)OC/C=C\CCCCCC)OC(=O)CCCNC. The molecule has 0 fully saturated rings. The molecule has 0 aromatic carbocycles. The van der Waals surface area contributed by atoms with Crippen LogP contribution in [0.3, 0.4) is 0 Å². The molecule has 0 aromatic heterocycles. The maximum absolute atomic E-state index is 12.4. The maximum Gasteiger partial charge on any atom is 0.306 e. The average Bonchev–Trinajstić information content (AvgIpc) is 3.06. The van der Waals surface area contributed by atoms with E-state index >= 15 is 0 Å². The Hall–Kier alpha value is -2.41. The van der Waals surface area contributed by atoms with Crippen molar-refractivity contribution in [2.24, 2.45) is 0 Å². The third kappa shape index (κ3) is 34.7. The maximum atomic E-state index is 12.4. The summed E-state index contributed by atoms with van der Waals surface area (Å²) < 4.78 is 16.4. The Kier molecular flexibility index (Phi) is 34.6. The Morgan fingerprint density at radius 1 is 0.532 bits per heavy atom. The molecule has 0 aliphatic heterocycles. The van der Waals surface area contributed by atoms with Crippen LogP contribution in [0, 0.1) is 0 Å². The van der Waals surface area contributed by atoms with E-state index in [0.717, 1.165) is 90.0 Å². The molecule has 0 saturated heterocycles. The van der Waals surface area contributed by atoms with Crippen molar-refractivity contribution in [1.29, 1.82) is 0 Å². The first-order valence-corrected chi connectivity index (χ1v) is 19.1. The minimum atomic E-state index is -0.207. The fourth-order valence-electron chi connectivity index (χ4n) is 5.11. The summed E-state index contributed by atoms with van der Waals surface area (Å²) in [7, 11) is 1.88. The summed E-state index contributed by atoms with van der Waals surface area (Å²) in [5, 5.41) is 3.07. The van der Waals surface area contributed by atoms with E-state index < -0.39 is 0 Å². The molecule has 0 aliphatic carbocycles. The van der Waals surface area contributed by atoms with E-state index in [-0.39, 0.29) is 24.0 Å². The van der Waals surface area contributed by atoms with Gasteiger partial charge in [-0.25, -0.2) is 0 Å². The molecule has 0 bridgehead atoms. The predicted octanol–water partition coefficient (Wildman–Crippen LogP) is 10.3. The Morgan fingerprint density at radius 2 is 1.00 bits per heavy atom. The van der Waals surface area contributed by atoms with Gasteiger partial charge in [0.15, 0.2) is 0 Å². The number of unbranched alkanes of at least 4 members (excludes halogenated alkanes) is 15. The molecule has 1 atom stereocenters. The zero-order valence-electron chi connectivity index (χ0n) is 30.6. The summed E-state index contributed by atoms with van der Waals surface area (Å²) in [5.74, 6) is -0.394. The van der Waals surface area contributed by atoms with Crippen LogP contribution in [-0.2, 0) is 28.6 Å². The van der Waals surface area contributed by atoms with Crippen LogP contribution in [0.4, 0.5) is 0 Å². The summed E-state index contributed by atoms with van der Waals surface area (Å²) in [4.78, 5) is 36.3. The van der Waals surface area contributed by atoms with Crippen LogP contribution < -0.4 is 5.32 Å². The van der Waals surface area contributed by atoms with Gasteiger partial charge >= 0.3 is 17.9 Å². The lowest BCUT2D eigenvalue weighted by Crippen LogP contribution is -2.17. The quantitative estimate of drug-likeness (QED) is 0.0318. The summed E-state index contributed by atoms with van der Waals surface area (Å²) in [5.41, 5.74) is 0. The van der Waals surface area contributed by atoms with E-state index in [1.165, 1.54) is 51.4 Å². The van der Waals surface area contributed by atoms with Crippen molar-refractivity contribution < 1.29 is 28.6 Å². The van der Waals surface area contributed by atoms with Crippen LogP contribution in [0.2, 0.25) is 0 Å². The normalized spacial score (nSPS) is 12.3. The third-order valence-corrected chi connectivity index (χ3v) is 8.03. The molecule has 0 heterocycles. The van der Waals surface area contributed by atoms with Crippen LogP contribution in [0.1, 0.15) is 168 Å². The van der Waals surface area contributed by atoms with Crippen molar-refractivity contribution in [2.75, 3.05) is 26.8 Å². The first-order valence-electron chi connectivity index (χ1n) is 19.1. The van der Waals surface area contributed by atoms with E-state index in [9.17, 15) is 14.4 Å². The highest BCUT2D eigenvalue weighted by Crippen LogP contribution is 2.14. The monoisotopic (exact) mass is 662 g/mol. The molecule has 47 heavy (non-hydrogen) atoms. The van der Waals surface area contributed by atoms with E-state index in [1.54, 1.807) is 0 Å². The first kappa shape index (κ1) is 44.6. The summed E-state index contributed by atoms with van der Waals surface area (Å²) in [6.45, 7) is 5.96. The smallest absolute Gasteiger partial charge is 0.306 e. The van der Waals surface area contributed by atoms with Gasteiger partial charge in [-0.1, -0.05) is 108 Å². The average molecular weight is 662 g/mol. The van der Waals surface area contributed by atoms with Crippen LogP contribution in [0.25, 0.3) is 0 Å². The van der Waals surface area contributed by atoms with Crippen LogP contribution >= 0.6 is 0 Å².